The highest BCUT2D eigenvalue weighted by Crippen LogP contribution is 2.62. The molecular formula is C63H110N6O11. The minimum atomic E-state index is -1.21. The van der Waals surface area contributed by atoms with Gasteiger partial charge in [-0.2, -0.15) is 0 Å². The molecule has 0 radical (unpaired) electrons. The number of likely N-dealkylation sites (tertiary alicyclic amines) is 2. The van der Waals surface area contributed by atoms with Crippen LogP contribution in [0.2, 0.25) is 0 Å². The topological polar surface area (TPSA) is 219 Å². The predicted octanol–water partition coefficient (Wildman–Crippen LogP) is 8.55. The summed E-state index contributed by atoms with van der Waals surface area (Å²) < 4.78 is 12.2. The van der Waals surface area contributed by atoms with Crippen LogP contribution in [0, 0.1) is 52.3 Å². The Balaban J connectivity index is 1.38. The lowest BCUT2D eigenvalue weighted by atomic mass is 9.47. The molecule has 2 saturated heterocycles. The second-order valence-corrected chi connectivity index (χ2v) is 26.0. The number of allylic oxidation sites excluding steroid dienone is 3. The van der Waals surface area contributed by atoms with Gasteiger partial charge in [0.05, 0.1) is 48.6 Å². The van der Waals surface area contributed by atoms with Crippen molar-refractivity contribution in [1.82, 2.24) is 30.2 Å². The first kappa shape index (κ1) is 68.8. The number of likely N-dealkylation sites (N-methyl/N-ethyl adjacent to an activating group) is 2. The largest absolute Gasteiger partial charge is 0.480 e. The number of ether oxygens (including phenoxy) is 2. The Kier molecular flexibility index (Phi) is 26.4. The Morgan fingerprint density at radius 2 is 1.57 bits per heavy atom. The second kappa shape index (κ2) is 30.7. The van der Waals surface area contributed by atoms with Crippen LogP contribution >= 0.6 is 0 Å². The number of carboxylic acid groups (broad SMARTS) is 1. The van der Waals surface area contributed by atoms with E-state index in [2.05, 4.69) is 71.3 Å². The maximum absolute atomic E-state index is 14.6. The first-order chi connectivity index (χ1) is 37.6. The highest BCUT2D eigenvalue weighted by Gasteiger charge is 2.53. The third-order valence-electron chi connectivity index (χ3n) is 19.8. The van der Waals surface area contributed by atoms with Gasteiger partial charge in [-0.05, 0) is 98.8 Å². The minimum absolute atomic E-state index is 0.0170. The molecule has 2 aliphatic carbocycles. The van der Waals surface area contributed by atoms with Gasteiger partial charge in [-0.25, -0.2) is 4.79 Å². The number of carbonyl (C=O) groups excluding carboxylic acids is 5. The normalized spacial score (nSPS) is 25.3. The van der Waals surface area contributed by atoms with Crippen LogP contribution in [-0.2, 0) is 38.2 Å². The molecule has 17 heteroatoms. The Bertz CT molecular complexity index is 2130. The summed E-state index contributed by atoms with van der Waals surface area (Å²) in [6.45, 7) is 27.5. The fourth-order valence-electron chi connectivity index (χ4n) is 14.4. The van der Waals surface area contributed by atoms with Crippen molar-refractivity contribution in [3.05, 3.63) is 23.3 Å². The number of hydrogen-bond acceptors (Lipinski definition) is 12. The van der Waals surface area contributed by atoms with Crippen LogP contribution < -0.4 is 10.6 Å². The van der Waals surface area contributed by atoms with Crippen LogP contribution in [0.5, 0.6) is 0 Å². The molecule has 5 amide bonds. The third kappa shape index (κ3) is 16.1. The van der Waals surface area contributed by atoms with E-state index >= 15 is 0 Å². The van der Waals surface area contributed by atoms with Crippen molar-refractivity contribution in [2.24, 2.45) is 52.3 Å². The van der Waals surface area contributed by atoms with Crippen LogP contribution in [0.25, 0.3) is 0 Å². The average Bonchev–Trinajstić information content (AvgIpc) is 4.02. The van der Waals surface area contributed by atoms with Crippen molar-refractivity contribution in [3.8, 4) is 0 Å². The summed E-state index contributed by atoms with van der Waals surface area (Å²) >= 11 is 0. The summed E-state index contributed by atoms with van der Waals surface area (Å²) in [5, 5.41) is 40.8. The molecule has 0 bridgehead atoms. The zero-order chi connectivity index (χ0) is 60.1. The maximum atomic E-state index is 14.6. The van der Waals surface area contributed by atoms with Crippen LogP contribution in [0.1, 0.15) is 193 Å². The van der Waals surface area contributed by atoms with Crippen molar-refractivity contribution in [1.29, 1.82) is 0 Å². The maximum Gasteiger partial charge on any atom is 0.326 e. The number of amides is 5. The van der Waals surface area contributed by atoms with Crippen molar-refractivity contribution < 1.29 is 53.6 Å². The van der Waals surface area contributed by atoms with Gasteiger partial charge in [-0.1, -0.05) is 145 Å². The standard InChI is InChI=1S/C63H110N6O11/c1-18-22-31-62(11,12)46-36-51(71)69(59(46)75)32-25-23-24-28-50(70)66(14)54(39(7)8)58(74)65-53(38(5)6)60(76)67(15)55(40(9)19-2)49(79-16)37-52(72)68-33-26-27-48(68)56(80-17)41(10)57(73)64-47(61(77)78)35-42-29-30-45-43(34-42)44(20-3)63(45,13)21-4/h29-30,38-41,43-44,46-49,53-56,58,60,65,74,76H,18-28,31-37H2,1-17H3,(H,64,73)(H,77,78)/t40-,41+,43?,44?,46?,47-,48?,49+,53-,54?,55?,56?,58?,60?,63?/m0/s1. The zero-order valence-electron chi connectivity index (χ0n) is 52.5. The molecule has 17 nitrogen and oxygen atoms in total. The van der Waals surface area contributed by atoms with Gasteiger partial charge in [0.25, 0.3) is 0 Å². The zero-order valence-corrected chi connectivity index (χ0v) is 52.5. The molecule has 1 saturated carbocycles. The first-order valence-electron chi connectivity index (χ1n) is 30.8. The van der Waals surface area contributed by atoms with E-state index < -0.39 is 72.7 Å². The van der Waals surface area contributed by atoms with Crippen LogP contribution in [0.15, 0.2) is 23.3 Å². The van der Waals surface area contributed by atoms with E-state index in [9.17, 15) is 44.1 Å². The van der Waals surface area contributed by atoms with Gasteiger partial charge < -0.3 is 39.9 Å². The number of nitrogens with zero attached hydrogens (tertiary/aromatic N) is 4. The number of carbonyl (C=O) groups is 6. The monoisotopic (exact) mass is 1130 g/mol. The highest BCUT2D eigenvalue weighted by molar-refractivity contribution is 6.03. The van der Waals surface area contributed by atoms with Crippen molar-refractivity contribution in [3.63, 3.8) is 0 Å². The van der Waals surface area contributed by atoms with Gasteiger partial charge in [0.1, 0.15) is 18.5 Å². The van der Waals surface area contributed by atoms with Crippen LogP contribution in [0.4, 0.5) is 0 Å². The molecule has 0 aromatic rings. The fourth-order valence-corrected chi connectivity index (χ4v) is 14.4. The Hall–Kier alpha value is -3.74. The quantitative estimate of drug-likeness (QED) is 0.0229. The fraction of sp³-hybridized carbons (Fsp3) is 0.841. The summed E-state index contributed by atoms with van der Waals surface area (Å²) in [6, 6.07) is -3.34. The van der Waals surface area contributed by atoms with E-state index in [1.807, 2.05) is 39.5 Å². The Labute approximate surface area is 482 Å². The van der Waals surface area contributed by atoms with Gasteiger partial charge >= 0.3 is 5.97 Å². The van der Waals surface area contributed by atoms with Gasteiger partial charge in [0.15, 0.2) is 0 Å². The number of nitrogens with one attached hydrogen (secondary N) is 2. The number of hydrogen-bond donors (Lipinski definition) is 5. The number of aliphatic hydroxyl groups excluding tert-OH is 2. The minimum Gasteiger partial charge on any atom is -0.480 e. The number of fused-ring (bicyclic) bond motifs is 1. The number of aliphatic hydroxyl groups is 2. The van der Waals surface area contributed by atoms with E-state index in [1.165, 1.54) is 17.6 Å². The van der Waals surface area contributed by atoms with Gasteiger partial charge in [-0.3, -0.25) is 39.1 Å². The number of aliphatic carboxylic acids is 1. The molecule has 5 N–H and O–H groups in total. The molecule has 458 valence electrons. The molecule has 15 atom stereocenters. The van der Waals surface area contributed by atoms with Gasteiger partial charge in [-0.15, -0.1) is 0 Å². The lowest BCUT2D eigenvalue weighted by Crippen LogP contribution is -2.63. The van der Waals surface area contributed by atoms with Gasteiger partial charge in [0, 0.05) is 53.2 Å². The summed E-state index contributed by atoms with van der Waals surface area (Å²) in [7, 11) is 6.58. The summed E-state index contributed by atoms with van der Waals surface area (Å²) in [5.41, 5.74) is 2.40. The van der Waals surface area contributed by atoms with Crippen molar-refractivity contribution >= 4 is 35.5 Å². The van der Waals surface area contributed by atoms with Crippen LogP contribution in [-0.4, -0.2) is 167 Å². The first-order valence-corrected chi connectivity index (χ1v) is 30.8. The van der Waals surface area contributed by atoms with E-state index in [4.69, 9.17) is 9.47 Å². The molecule has 4 rings (SSSR count). The molecule has 3 fully saturated rings. The molecule has 0 spiro atoms. The molecule has 2 heterocycles. The summed E-state index contributed by atoms with van der Waals surface area (Å²) in [6.07, 6.45) is 10.9. The second-order valence-electron chi connectivity index (χ2n) is 26.0. The predicted molar refractivity (Wildman–Crippen MR) is 314 cm³/mol. The smallest absolute Gasteiger partial charge is 0.326 e. The van der Waals surface area contributed by atoms with E-state index in [1.54, 1.807) is 37.9 Å². The van der Waals surface area contributed by atoms with E-state index in [-0.39, 0.29) is 83.8 Å². The Morgan fingerprint density at radius 1 is 0.900 bits per heavy atom. The molecule has 80 heavy (non-hydrogen) atoms. The van der Waals surface area contributed by atoms with E-state index in [0.29, 0.717) is 63.5 Å². The number of methoxy groups -OCH3 is 2. The average molecular weight is 1130 g/mol. The number of unbranched alkanes of at least 4 members (excludes halogenated alkanes) is 3. The lowest BCUT2D eigenvalue weighted by Gasteiger charge is -2.57. The van der Waals surface area contributed by atoms with E-state index in [0.717, 1.165) is 44.1 Å². The number of imide groups is 1. The van der Waals surface area contributed by atoms with Crippen molar-refractivity contribution in [2.45, 2.75) is 248 Å². The number of carboxylic acids is 1. The van der Waals surface area contributed by atoms with Crippen LogP contribution in [0.3, 0.4) is 0 Å². The molecule has 10 unspecified atom stereocenters. The lowest BCUT2D eigenvalue weighted by molar-refractivity contribution is -0.147. The van der Waals surface area contributed by atoms with Crippen molar-refractivity contribution in [2.75, 3.05) is 41.4 Å². The molecule has 2 aliphatic heterocycles. The number of rotatable bonds is 35. The Morgan fingerprint density at radius 3 is 2.14 bits per heavy atom. The summed E-state index contributed by atoms with van der Waals surface area (Å²) in [5.74, 6) is -2.61. The molecule has 0 aromatic carbocycles. The molecular weight excluding hydrogens is 1020 g/mol. The highest BCUT2D eigenvalue weighted by atomic mass is 16.5. The van der Waals surface area contributed by atoms with Gasteiger partial charge in [0.2, 0.25) is 29.5 Å². The SMILES string of the molecule is CCCCC(C)(C)C1CC(=O)N(CCCCCC(=O)N(C)C(C(C)C)C(O)N[C@@H](C(C)C)C(O)N(C)C([C@@H](C)CC)[C@@H](CC(=O)N2CCCC2C(OC)[C@@H](C)C(=O)N[C@@H](CC2=CC=C3C(C2)C(CC)C3(C)CC)C(=O)O)OC)C1=O. The molecule has 0 aromatic heterocycles. The third-order valence-corrected chi connectivity index (χ3v) is 19.8. The molecule has 4 aliphatic rings. The summed E-state index contributed by atoms with van der Waals surface area (Å²) in [4.78, 5) is 87.8.